The number of nitrogens with one attached hydrogen (secondary N) is 4. The molecule has 4 aliphatic rings. The average Bonchev–Trinajstić information content (AvgIpc) is 1.57. The molecule has 8 amide bonds. The predicted octanol–water partition coefficient (Wildman–Crippen LogP) is 12.8. The van der Waals surface area contributed by atoms with Gasteiger partial charge in [-0.05, 0) is 180 Å². The number of amides is 8. The van der Waals surface area contributed by atoms with Crippen molar-refractivity contribution < 1.29 is 43.5 Å². The molecule has 0 spiro atoms. The first-order valence-electron chi connectivity index (χ1n) is 42.0. The highest BCUT2D eigenvalue weighted by atomic mass is 16.3. The van der Waals surface area contributed by atoms with Crippen LogP contribution < -0.4 is 67.1 Å². The van der Waals surface area contributed by atoms with Crippen LogP contribution in [0.4, 0.5) is 23.3 Å². The number of nitrogens with two attached hydrogens (primary N) is 8. The Morgan fingerprint density at radius 3 is 0.920 bits per heavy atom. The Bertz CT molecular complexity index is 6000. The summed E-state index contributed by atoms with van der Waals surface area (Å²) >= 11 is 0. The van der Waals surface area contributed by atoms with Gasteiger partial charge in [0.1, 0.15) is 68.3 Å². The standard InChI is InChI=1S/C25H27N5O2.C24H27N5O3.C24H27N5O2.C23H27N5O2/c1-14-4-2-3-5-20(14)25(32)28-13-15-6-8-16(9-7-15)22-21(24(27)31)23(26)30(29-22)19-11-17-10-18(17)12-19;1-14-5-2-3-6-17(14)24(32)27-13-15-9-11-16(12-10-15)21-20(23(26)31)22(25)29(28-21)18-7-4-8-19(18)30;1-15-6-2-5-9-19(15)24(31)27-14-16-10-12-17(13-11-16)21-20(23(26)30)22(25)29(28-21)18-7-3-4-8-18;1-14-7-5-6-8-17(14)22(30)26-13-15-9-11-16(12-10-15)19-18(21(25)29)20(24)28(27-19)23(2,3)4/h2-9,17-19H,10-13,26H2,1H3,(H2,27,31)(H,28,32);2-3,5-6,9-12,18-19,30H,4,7-8,13,25H2,1H3,(H2,26,31)(H,27,32);2,5-6,9-13,18H,3-4,7-8,14,25H2,1H3,(H2,26,30)(H,27,31);5-12H,13,24H2,1-4H3,(H2,25,29)(H,26,30). The van der Waals surface area contributed by atoms with E-state index in [2.05, 4.69) is 36.6 Å². The number of aromatic nitrogens is 8. The van der Waals surface area contributed by atoms with Crippen LogP contribution in [0.25, 0.3) is 45.0 Å². The highest BCUT2D eigenvalue weighted by Crippen LogP contribution is 2.56. The third-order valence-electron chi connectivity index (χ3n) is 23.7. The minimum Gasteiger partial charge on any atom is -0.391 e. The number of rotatable bonds is 23. The molecule has 0 saturated heterocycles. The number of primary amides is 4. The molecule has 16 rings (SSSR count). The molecule has 646 valence electrons. The molecule has 4 heterocycles. The van der Waals surface area contributed by atoms with Gasteiger partial charge in [-0.3, -0.25) is 38.4 Å². The second kappa shape index (κ2) is 38.3. The highest BCUT2D eigenvalue weighted by Gasteiger charge is 2.48. The molecule has 4 unspecified atom stereocenters. The van der Waals surface area contributed by atoms with Crippen LogP contribution in [-0.4, -0.2) is 97.6 Å². The van der Waals surface area contributed by atoms with Crippen molar-refractivity contribution >= 4 is 70.5 Å². The van der Waals surface area contributed by atoms with E-state index in [0.29, 0.717) is 94.8 Å². The van der Waals surface area contributed by atoms with Gasteiger partial charge in [-0.2, -0.15) is 20.4 Å². The number of hydrogen-bond donors (Lipinski definition) is 13. The zero-order valence-electron chi connectivity index (χ0n) is 71.2. The van der Waals surface area contributed by atoms with Crippen molar-refractivity contribution in [3.05, 3.63) is 283 Å². The molecular formula is C96H108N20O9. The second-order valence-corrected chi connectivity index (χ2v) is 33.5. The predicted molar refractivity (Wildman–Crippen MR) is 483 cm³/mol. The fourth-order valence-corrected chi connectivity index (χ4v) is 16.7. The number of anilines is 4. The molecule has 4 fully saturated rings. The number of hydrogen-bond acceptors (Lipinski definition) is 17. The van der Waals surface area contributed by atoms with Gasteiger partial charge in [-0.1, -0.05) is 183 Å². The number of fused-ring (bicyclic) bond motifs is 1. The van der Waals surface area contributed by atoms with Crippen molar-refractivity contribution in [3.8, 4) is 45.0 Å². The lowest BCUT2D eigenvalue weighted by atomic mass is 10.0. The summed E-state index contributed by atoms with van der Waals surface area (Å²) in [4.78, 5) is 98.1. The monoisotopic (exact) mass is 1680 g/mol. The fraction of sp³-hybridized carbons (Fsp3) is 0.292. The number of nitrogen functional groups attached to an aromatic ring is 4. The topological polar surface area (TPSA) is 484 Å². The Morgan fingerprint density at radius 2 is 0.632 bits per heavy atom. The second-order valence-electron chi connectivity index (χ2n) is 33.5. The van der Waals surface area contributed by atoms with Crippen LogP contribution >= 0.6 is 0 Å². The lowest BCUT2D eigenvalue weighted by Crippen LogP contribution is -2.25. The van der Waals surface area contributed by atoms with E-state index in [9.17, 15) is 43.5 Å². The van der Waals surface area contributed by atoms with Crippen molar-refractivity contribution in [2.45, 2.75) is 169 Å². The smallest absolute Gasteiger partial charge is 0.254 e. The summed E-state index contributed by atoms with van der Waals surface area (Å²) in [6, 6.07) is 60.0. The van der Waals surface area contributed by atoms with Crippen LogP contribution in [0.15, 0.2) is 194 Å². The van der Waals surface area contributed by atoms with E-state index < -0.39 is 35.3 Å². The Kier molecular flexibility index (Phi) is 27.1. The maximum Gasteiger partial charge on any atom is 0.254 e. The van der Waals surface area contributed by atoms with E-state index in [-0.39, 0.29) is 75.6 Å². The van der Waals surface area contributed by atoms with Crippen molar-refractivity contribution in [1.82, 2.24) is 60.4 Å². The molecule has 125 heavy (non-hydrogen) atoms. The van der Waals surface area contributed by atoms with Gasteiger partial charge < -0.3 is 72.2 Å². The fourth-order valence-electron chi connectivity index (χ4n) is 16.7. The van der Waals surface area contributed by atoms with Gasteiger partial charge in [0.15, 0.2) is 0 Å². The normalized spacial score (nSPS) is 16.2. The Balaban J connectivity index is 0.000000143. The molecule has 0 aliphatic heterocycles. The summed E-state index contributed by atoms with van der Waals surface area (Å²) in [6.45, 7) is 15.0. The molecule has 12 aromatic rings. The van der Waals surface area contributed by atoms with E-state index in [1.807, 2.05) is 230 Å². The van der Waals surface area contributed by atoms with E-state index >= 15 is 0 Å². The van der Waals surface area contributed by atoms with Gasteiger partial charge in [0.25, 0.3) is 47.3 Å². The summed E-state index contributed by atoms with van der Waals surface area (Å²) < 4.78 is 6.71. The first-order chi connectivity index (χ1) is 59.8. The van der Waals surface area contributed by atoms with Crippen LogP contribution in [0, 0.1) is 39.5 Å². The van der Waals surface area contributed by atoms with Crippen molar-refractivity contribution in [3.63, 3.8) is 0 Å². The minimum atomic E-state index is -0.661. The zero-order chi connectivity index (χ0) is 89.2. The molecule has 4 aromatic heterocycles. The number of nitrogens with zero attached hydrogens (tertiary/aromatic N) is 8. The third-order valence-corrected chi connectivity index (χ3v) is 23.7. The highest BCUT2D eigenvalue weighted by molar-refractivity contribution is 6.06. The molecule has 4 atom stereocenters. The summed E-state index contributed by atoms with van der Waals surface area (Å²) in [7, 11) is 0. The van der Waals surface area contributed by atoms with Gasteiger partial charge in [0.2, 0.25) is 0 Å². The SMILES string of the molecule is Cc1ccccc1C(=O)NCc1ccc(-c2nn(C(C)(C)C)c(N)c2C(N)=O)cc1.Cc1ccccc1C(=O)NCc1ccc(-c2nn(C3CC4CC4C3)c(N)c2C(N)=O)cc1.Cc1ccccc1C(=O)NCc1ccc(-c2nn(C3CCCC3)c(N)c2C(N)=O)cc1.Cc1ccccc1C(=O)NCc1ccc(-c2nn(C3CCCC3O)c(N)c2C(N)=O)cc1. The number of aryl methyl sites for hydroxylation is 4. The van der Waals surface area contributed by atoms with Gasteiger partial charge in [0.05, 0.1) is 29.8 Å². The van der Waals surface area contributed by atoms with Crippen LogP contribution in [-0.2, 0) is 31.7 Å². The molecule has 29 heteroatoms. The Morgan fingerprint density at radius 1 is 0.352 bits per heavy atom. The minimum absolute atomic E-state index is 0.107. The number of carbonyl (C=O) groups is 8. The number of aliphatic hydroxyl groups excluding tert-OH is 1. The number of aliphatic hydroxyl groups is 1. The molecule has 4 aliphatic carbocycles. The van der Waals surface area contributed by atoms with Gasteiger partial charge >= 0.3 is 0 Å². The first kappa shape index (κ1) is 88.3. The maximum atomic E-state index is 12.4. The Labute approximate surface area is 725 Å². The summed E-state index contributed by atoms with van der Waals surface area (Å²) in [5.41, 5.74) is 62.8. The summed E-state index contributed by atoms with van der Waals surface area (Å²) in [6.07, 6.45) is 9.43. The summed E-state index contributed by atoms with van der Waals surface area (Å²) in [5.74, 6) is -0.229. The van der Waals surface area contributed by atoms with Crippen molar-refractivity contribution in [2.24, 2.45) is 34.8 Å². The van der Waals surface area contributed by atoms with E-state index in [4.69, 9.17) is 51.0 Å². The van der Waals surface area contributed by atoms with Crippen LogP contribution in [0.5, 0.6) is 0 Å². The van der Waals surface area contributed by atoms with Crippen LogP contribution in [0.1, 0.15) is 230 Å². The first-order valence-corrected chi connectivity index (χ1v) is 42.0. The van der Waals surface area contributed by atoms with Crippen LogP contribution in [0.3, 0.4) is 0 Å². The summed E-state index contributed by atoms with van der Waals surface area (Å²) in [5, 5.41) is 40.5. The molecule has 8 aromatic carbocycles. The van der Waals surface area contributed by atoms with Gasteiger partial charge in [-0.25, -0.2) is 18.7 Å². The van der Waals surface area contributed by atoms with E-state index in [0.717, 1.165) is 124 Å². The van der Waals surface area contributed by atoms with Crippen molar-refractivity contribution in [2.75, 3.05) is 22.9 Å². The maximum absolute atomic E-state index is 12.4. The molecule has 0 bridgehead atoms. The number of benzene rings is 8. The quantitative estimate of drug-likeness (QED) is 0.0283. The van der Waals surface area contributed by atoms with E-state index in [1.54, 1.807) is 26.2 Å². The van der Waals surface area contributed by atoms with Gasteiger partial charge in [0, 0.05) is 70.7 Å². The van der Waals surface area contributed by atoms with Crippen molar-refractivity contribution in [1.29, 1.82) is 0 Å². The largest absolute Gasteiger partial charge is 0.391 e. The molecular weight excluding hydrogens is 1580 g/mol. The lowest BCUT2D eigenvalue weighted by Gasteiger charge is -2.20. The lowest BCUT2D eigenvalue weighted by molar-refractivity contribution is 0.0942. The Hall–Kier alpha value is -14.5. The number of carbonyl (C=O) groups excluding carboxylic acids is 8. The third kappa shape index (κ3) is 20.2. The van der Waals surface area contributed by atoms with E-state index in [1.165, 1.54) is 11.1 Å². The average molecular weight is 1690 g/mol. The molecule has 4 saturated carbocycles. The molecule has 21 N–H and O–H groups in total. The molecule has 29 nitrogen and oxygen atoms in total. The van der Waals surface area contributed by atoms with Crippen LogP contribution in [0.2, 0.25) is 0 Å². The molecule has 0 radical (unpaired) electrons. The zero-order valence-corrected chi connectivity index (χ0v) is 71.2. The van der Waals surface area contributed by atoms with Gasteiger partial charge in [-0.15, -0.1) is 0 Å².